The molecule has 0 fully saturated rings. The van der Waals surface area contributed by atoms with Gasteiger partial charge in [-0.25, -0.2) is 13.6 Å². The van der Waals surface area contributed by atoms with Gasteiger partial charge in [0.2, 0.25) is 10.0 Å². The summed E-state index contributed by atoms with van der Waals surface area (Å²) in [6, 6.07) is 8.13. The summed E-state index contributed by atoms with van der Waals surface area (Å²) in [4.78, 5) is 4.18. The van der Waals surface area contributed by atoms with Gasteiger partial charge in [-0.05, 0) is 24.3 Å². The topological polar surface area (TPSA) is 73.1 Å². The fourth-order valence-electron chi connectivity index (χ4n) is 1.23. The van der Waals surface area contributed by atoms with Crippen molar-refractivity contribution in [2.45, 2.75) is 4.90 Å². The van der Waals surface area contributed by atoms with Crippen LogP contribution < -0.4 is 5.14 Å². The molecular formula is C9H8N2O2S. The van der Waals surface area contributed by atoms with Crippen LogP contribution in [0.15, 0.2) is 41.4 Å². The van der Waals surface area contributed by atoms with Crippen molar-refractivity contribution in [2.75, 3.05) is 0 Å². The summed E-state index contributed by atoms with van der Waals surface area (Å²) in [5.41, 5.74) is 0.750. The average Bonchev–Trinajstić information content (AvgIpc) is 2.16. The molecule has 0 aliphatic carbocycles. The van der Waals surface area contributed by atoms with E-state index in [4.69, 9.17) is 5.14 Å². The molecule has 2 rings (SSSR count). The minimum atomic E-state index is -3.62. The number of sulfonamides is 1. The van der Waals surface area contributed by atoms with Gasteiger partial charge < -0.3 is 0 Å². The van der Waals surface area contributed by atoms with Crippen LogP contribution in [0.4, 0.5) is 0 Å². The van der Waals surface area contributed by atoms with E-state index >= 15 is 0 Å². The number of fused-ring (bicyclic) bond motifs is 1. The van der Waals surface area contributed by atoms with Gasteiger partial charge in [-0.1, -0.05) is 6.07 Å². The van der Waals surface area contributed by atoms with Crippen molar-refractivity contribution in [3.63, 3.8) is 0 Å². The summed E-state index contributed by atoms with van der Waals surface area (Å²) in [6.45, 7) is 0. The van der Waals surface area contributed by atoms with Gasteiger partial charge >= 0.3 is 0 Å². The maximum Gasteiger partial charge on any atom is 0.238 e. The van der Waals surface area contributed by atoms with Crippen molar-refractivity contribution < 1.29 is 8.42 Å². The number of nitrogens with zero attached hydrogens (tertiary/aromatic N) is 1. The second-order valence-corrected chi connectivity index (χ2v) is 4.46. The Labute approximate surface area is 81.4 Å². The molecule has 0 radical (unpaired) electrons. The summed E-state index contributed by atoms with van der Waals surface area (Å²) >= 11 is 0. The first kappa shape index (κ1) is 9.11. The van der Waals surface area contributed by atoms with Crippen molar-refractivity contribution in [1.29, 1.82) is 0 Å². The molecule has 0 atom stereocenters. The lowest BCUT2D eigenvalue weighted by molar-refractivity contribution is 0.598. The second-order valence-electron chi connectivity index (χ2n) is 2.90. The normalized spacial score (nSPS) is 11.8. The van der Waals surface area contributed by atoms with Crippen molar-refractivity contribution >= 4 is 20.9 Å². The molecule has 0 saturated heterocycles. The Bertz CT molecular complexity index is 578. The van der Waals surface area contributed by atoms with Crippen molar-refractivity contribution in [2.24, 2.45) is 5.14 Å². The van der Waals surface area contributed by atoms with E-state index in [-0.39, 0.29) is 4.90 Å². The Morgan fingerprint density at radius 2 is 2.00 bits per heavy atom. The van der Waals surface area contributed by atoms with Crippen LogP contribution in [0.2, 0.25) is 0 Å². The van der Waals surface area contributed by atoms with E-state index in [9.17, 15) is 8.42 Å². The zero-order valence-electron chi connectivity index (χ0n) is 7.21. The molecule has 0 aliphatic heterocycles. The highest BCUT2D eigenvalue weighted by molar-refractivity contribution is 7.89. The predicted octanol–water partition coefficient (Wildman–Crippen LogP) is 0.882. The second kappa shape index (κ2) is 3.04. The minimum absolute atomic E-state index is 0.109. The zero-order chi connectivity index (χ0) is 10.2. The van der Waals surface area contributed by atoms with Gasteiger partial charge in [0.05, 0.1) is 10.4 Å². The molecule has 72 valence electrons. The average molecular weight is 208 g/mol. The molecule has 1 aromatic heterocycles. The van der Waals surface area contributed by atoms with Crippen LogP contribution in [0, 0.1) is 0 Å². The molecular weight excluding hydrogens is 200 g/mol. The highest BCUT2D eigenvalue weighted by Gasteiger charge is 2.07. The molecule has 0 unspecified atom stereocenters. The lowest BCUT2D eigenvalue weighted by atomic mass is 10.2. The monoisotopic (exact) mass is 208 g/mol. The van der Waals surface area contributed by atoms with E-state index < -0.39 is 10.0 Å². The number of benzene rings is 1. The van der Waals surface area contributed by atoms with Gasteiger partial charge in [0.1, 0.15) is 0 Å². The first-order chi connectivity index (χ1) is 6.57. The van der Waals surface area contributed by atoms with Crippen molar-refractivity contribution in [1.82, 2.24) is 4.98 Å². The van der Waals surface area contributed by atoms with Gasteiger partial charge in [0.25, 0.3) is 0 Å². The van der Waals surface area contributed by atoms with Crippen LogP contribution in [0.5, 0.6) is 0 Å². The Kier molecular flexibility index (Phi) is 1.98. The number of aromatic nitrogens is 1. The standard InChI is InChI=1S/C9H8N2O2S/c10-14(12,13)8-3-4-9-7(6-8)2-1-5-11-9/h1-6H,(H2,10,12,13). The van der Waals surface area contributed by atoms with E-state index in [1.165, 1.54) is 12.1 Å². The van der Waals surface area contributed by atoms with E-state index in [1.54, 1.807) is 24.4 Å². The van der Waals surface area contributed by atoms with Crippen LogP contribution in [0.1, 0.15) is 0 Å². The van der Waals surface area contributed by atoms with E-state index in [1.807, 2.05) is 0 Å². The first-order valence-electron chi connectivity index (χ1n) is 3.95. The smallest absolute Gasteiger partial charge is 0.238 e. The maximum atomic E-state index is 11.0. The third-order valence-corrected chi connectivity index (χ3v) is 2.81. The molecule has 0 aliphatic rings. The van der Waals surface area contributed by atoms with E-state index in [0.29, 0.717) is 0 Å². The molecule has 2 N–H and O–H groups in total. The predicted molar refractivity (Wildman–Crippen MR) is 53.1 cm³/mol. The summed E-state index contributed by atoms with van der Waals surface area (Å²) < 4.78 is 22.1. The van der Waals surface area contributed by atoms with Gasteiger partial charge in [-0.2, -0.15) is 0 Å². The van der Waals surface area contributed by atoms with Gasteiger partial charge in [-0.15, -0.1) is 0 Å². The molecule has 1 aromatic carbocycles. The largest absolute Gasteiger partial charge is 0.256 e. The molecule has 2 aromatic rings. The molecule has 14 heavy (non-hydrogen) atoms. The Hall–Kier alpha value is -1.46. The Morgan fingerprint density at radius 3 is 2.71 bits per heavy atom. The summed E-state index contributed by atoms with van der Waals surface area (Å²) in [5.74, 6) is 0. The lowest BCUT2D eigenvalue weighted by Crippen LogP contribution is -2.11. The number of hydrogen-bond acceptors (Lipinski definition) is 3. The lowest BCUT2D eigenvalue weighted by Gasteiger charge is -1.99. The SMILES string of the molecule is NS(=O)(=O)c1ccc2ncccc2c1. The van der Waals surface area contributed by atoms with Crippen LogP contribution >= 0.6 is 0 Å². The Morgan fingerprint density at radius 1 is 1.21 bits per heavy atom. The summed E-state index contributed by atoms with van der Waals surface area (Å²) in [5, 5.41) is 5.76. The molecule has 0 saturated carbocycles. The highest BCUT2D eigenvalue weighted by atomic mass is 32.2. The van der Waals surface area contributed by atoms with Crippen molar-refractivity contribution in [3.8, 4) is 0 Å². The molecule has 1 heterocycles. The minimum Gasteiger partial charge on any atom is -0.256 e. The number of pyridine rings is 1. The van der Waals surface area contributed by atoms with Crippen molar-refractivity contribution in [3.05, 3.63) is 36.5 Å². The van der Waals surface area contributed by atoms with Crippen LogP contribution in [0.25, 0.3) is 10.9 Å². The Balaban J connectivity index is 2.75. The molecule has 0 spiro atoms. The fraction of sp³-hybridized carbons (Fsp3) is 0. The molecule has 4 nitrogen and oxygen atoms in total. The van der Waals surface area contributed by atoms with Gasteiger partial charge in [0.15, 0.2) is 0 Å². The fourth-order valence-corrected chi connectivity index (χ4v) is 1.78. The summed E-state index contributed by atoms with van der Waals surface area (Å²) in [7, 11) is -3.62. The zero-order valence-corrected chi connectivity index (χ0v) is 8.03. The quantitative estimate of drug-likeness (QED) is 0.756. The number of rotatable bonds is 1. The third kappa shape index (κ3) is 1.59. The van der Waals surface area contributed by atoms with Crippen LogP contribution in [0.3, 0.4) is 0 Å². The molecule has 0 bridgehead atoms. The third-order valence-electron chi connectivity index (χ3n) is 1.90. The maximum absolute atomic E-state index is 11.0. The molecule has 5 heteroatoms. The van der Waals surface area contributed by atoms with Gasteiger partial charge in [0, 0.05) is 11.6 Å². The number of hydrogen-bond donors (Lipinski definition) is 1. The van der Waals surface area contributed by atoms with E-state index in [0.717, 1.165) is 10.9 Å². The number of primary sulfonamides is 1. The molecule has 0 amide bonds. The van der Waals surface area contributed by atoms with Crippen LogP contribution in [-0.2, 0) is 10.0 Å². The van der Waals surface area contributed by atoms with Crippen LogP contribution in [-0.4, -0.2) is 13.4 Å². The number of nitrogens with two attached hydrogens (primary N) is 1. The summed E-state index contributed by atoms with van der Waals surface area (Å²) in [6.07, 6.45) is 1.65. The van der Waals surface area contributed by atoms with Gasteiger partial charge in [-0.3, -0.25) is 4.98 Å². The highest BCUT2D eigenvalue weighted by Crippen LogP contribution is 2.15. The van der Waals surface area contributed by atoms with E-state index in [2.05, 4.69) is 4.98 Å². The first-order valence-corrected chi connectivity index (χ1v) is 5.49.